The highest BCUT2D eigenvalue weighted by molar-refractivity contribution is 7.71. The predicted octanol–water partition coefficient (Wildman–Crippen LogP) is 2.40. The van der Waals surface area contributed by atoms with Gasteiger partial charge in [-0.3, -0.25) is 0 Å². The summed E-state index contributed by atoms with van der Waals surface area (Å²) >= 11 is 0. The van der Waals surface area contributed by atoms with Gasteiger partial charge in [0.2, 0.25) is 10.3 Å². The van der Waals surface area contributed by atoms with E-state index in [1.807, 2.05) is 24.3 Å². The maximum atomic E-state index is 10.2. The van der Waals surface area contributed by atoms with Crippen LogP contribution in [0.3, 0.4) is 0 Å². The number of ether oxygens (including phenoxy) is 1. The molecule has 21 heavy (non-hydrogen) atoms. The Hall–Kier alpha value is -2.11. The molecule has 2 aromatic rings. The second-order valence-corrected chi connectivity index (χ2v) is 5.06. The molecule has 1 N–H and O–H groups in total. The molecular formula is C16H18O4S. The Balaban J connectivity index is 0.000000219. The SMILES string of the molecule is COc1ccc(C)cc1.O=S(=O)=CC(O)c1ccccc1. The van der Waals surface area contributed by atoms with E-state index in [0.717, 1.165) is 11.1 Å². The van der Waals surface area contributed by atoms with Gasteiger partial charge in [0.1, 0.15) is 11.9 Å². The highest BCUT2D eigenvalue weighted by Crippen LogP contribution is 2.09. The van der Waals surface area contributed by atoms with Crippen LogP contribution in [-0.4, -0.2) is 26.0 Å². The Bertz CT molecular complexity index is 653. The quantitative estimate of drug-likeness (QED) is 0.885. The molecule has 0 aromatic heterocycles. The molecule has 112 valence electrons. The summed E-state index contributed by atoms with van der Waals surface area (Å²) in [5.74, 6) is 0.917. The summed E-state index contributed by atoms with van der Waals surface area (Å²) in [5, 5.41) is 10.1. The van der Waals surface area contributed by atoms with Crippen LogP contribution >= 0.6 is 0 Å². The fraction of sp³-hybridized carbons (Fsp3) is 0.188. The van der Waals surface area contributed by atoms with Crippen molar-refractivity contribution in [3.05, 3.63) is 65.7 Å². The molecule has 5 heteroatoms. The lowest BCUT2D eigenvalue weighted by molar-refractivity contribution is 0.254. The van der Waals surface area contributed by atoms with Crippen molar-refractivity contribution in [1.29, 1.82) is 0 Å². The predicted molar refractivity (Wildman–Crippen MR) is 84.1 cm³/mol. The van der Waals surface area contributed by atoms with Gasteiger partial charge in [-0.2, -0.15) is 8.42 Å². The van der Waals surface area contributed by atoms with Gasteiger partial charge >= 0.3 is 0 Å². The van der Waals surface area contributed by atoms with Gasteiger partial charge in [-0.15, -0.1) is 0 Å². The Morgan fingerprint density at radius 1 is 1.05 bits per heavy atom. The Morgan fingerprint density at radius 2 is 1.62 bits per heavy atom. The van der Waals surface area contributed by atoms with Crippen LogP contribution in [-0.2, 0) is 10.3 Å². The van der Waals surface area contributed by atoms with Crippen molar-refractivity contribution in [2.45, 2.75) is 13.0 Å². The van der Waals surface area contributed by atoms with Gasteiger partial charge in [0.25, 0.3) is 0 Å². The van der Waals surface area contributed by atoms with E-state index in [2.05, 4.69) is 6.92 Å². The molecule has 1 atom stereocenters. The lowest BCUT2D eigenvalue weighted by Crippen LogP contribution is -1.98. The normalized spacial score (nSPS) is 10.8. The Labute approximate surface area is 126 Å². The van der Waals surface area contributed by atoms with E-state index in [4.69, 9.17) is 4.74 Å². The first-order valence-electron chi connectivity index (χ1n) is 6.29. The number of aliphatic hydroxyl groups excluding tert-OH is 1. The standard InChI is InChI=1S/C8H8O3S.C8H10O/c9-8(6-12(10)11)7-4-2-1-3-5-7;1-7-3-5-8(9-2)6-4-7/h1-6,8-9H;3-6H,1-2H3. The van der Waals surface area contributed by atoms with Gasteiger partial charge in [0.15, 0.2) is 0 Å². The summed E-state index contributed by atoms with van der Waals surface area (Å²) < 4.78 is 25.3. The van der Waals surface area contributed by atoms with Crippen molar-refractivity contribution in [3.63, 3.8) is 0 Å². The molecule has 0 heterocycles. The minimum Gasteiger partial charge on any atom is -0.497 e. The fourth-order valence-electron chi connectivity index (χ4n) is 1.51. The van der Waals surface area contributed by atoms with Gasteiger partial charge < -0.3 is 9.84 Å². The van der Waals surface area contributed by atoms with Crippen LogP contribution in [0.4, 0.5) is 0 Å². The summed E-state index contributed by atoms with van der Waals surface area (Å²) in [6, 6.07) is 16.6. The second kappa shape index (κ2) is 8.94. The topological polar surface area (TPSA) is 63.6 Å². The van der Waals surface area contributed by atoms with Gasteiger partial charge in [-0.25, -0.2) is 0 Å². The first-order chi connectivity index (χ1) is 10.0. The molecule has 0 amide bonds. The Morgan fingerprint density at radius 3 is 2.10 bits per heavy atom. The number of benzene rings is 2. The summed E-state index contributed by atoms with van der Waals surface area (Å²) in [6.45, 7) is 2.06. The van der Waals surface area contributed by atoms with E-state index in [0.29, 0.717) is 5.56 Å². The largest absolute Gasteiger partial charge is 0.497 e. The summed E-state index contributed by atoms with van der Waals surface area (Å²) in [5.41, 5.74) is 1.83. The van der Waals surface area contributed by atoms with Crippen molar-refractivity contribution in [2.24, 2.45) is 0 Å². The van der Waals surface area contributed by atoms with E-state index in [-0.39, 0.29) is 0 Å². The number of hydrogen-bond donors (Lipinski definition) is 1. The van der Waals surface area contributed by atoms with E-state index in [1.165, 1.54) is 5.56 Å². The van der Waals surface area contributed by atoms with Crippen LogP contribution in [0.2, 0.25) is 0 Å². The number of methoxy groups -OCH3 is 1. The maximum Gasteiger partial charge on any atom is 0.212 e. The lowest BCUT2D eigenvalue weighted by Gasteiger charge is -2.01. The molecule has 1 unspecified atom stereocenters. The van der Waals surface area contributed by atoms with Crippen LogP contribution in [0, 0.1) is 6.92 Å². The molecule has 2 aromatic carbocycles. The highest BCUT2D eigenvalue weighted by Gasteiger charge is 2.01. The van der Waals surface area contributed by atoms with Crippen molar-refractivity contribution < 1.29 is 18.3 Å². The van der Waals surface area contributed by atoms with E-state index >= 15 is 0 Å². The summed E-state index contributed by atoms with van der Waals surface area (Å²) in [4.78, 5) is 0. The Kier molecular flexibility index (Phi) is 7.21. The van der Waals surface area contributed by atoms with Crippen LogP contribution in [0.1, 0.15) is 17.2 Å². The van der Waals surface area contributed by atoms with Crippen LogP contribution in [0.5, 0.6) is 5.75 Å². The molecule has 0 bridgehead atoms. The summed E-state index contributed by atoms with van der Waals surface area (Å²) in [6.07, 6.45) is -1.04. The lowest BCUT2D eigenvalue weighted by atomic mass is 10.1. The van der Waals surface area contributed by atoms with Crippen molar-refractivity contribution in [2.75, 3.05) is 7.11 Å². The van der Waals surface area contributed by atoms with Crippen LogP contribution in [0.25, 0.3) is 0 Å². The van der Waals surface area contributed by atoms with Crippen molar-refractivity contribution >= 4 is 15.7 Å². The van der Waals surface area contributed by atoms with Gasteiger partial charge in [-0.05, 0) is 24.6 Å². The first-order valence-corrected chi connectivity index (χ1v) is 7.43. The highest BCUT2D eigenvalue weighted by atomic mass is 32.2. The minimum absolute atomic E-state index is 0.571. The number of aliphatic hydroxyl groups is 1. The molecule has 0 radical (unpaired) electrons. The number of aryl methyl sites for hydroxylation is 1. The van der Waals surface area contributed by atoms with E-state index < -0.39 is 16.4 Å². The third-order valence-corrected chi connectivity index (χ3v) is 3.12. The van der Waals surface area contributed by atoms with Crippen molar-refractivity contribution in [1.82, 2.24) is 0 Å². The monoisotopic (exact) mass is 306 g/mol. The zero-order chi connectivity index (χ0) is 15.7. The molecule has 0 saturated heterocycles. The first kappa shape index (κ1) is 16.9. The van der Waals surface area contributed by atoms with E-state index in [1.54, 1.807) is 37.4 Å². The molecular weight excluding hydrogens is 288 g/mol. The molecule has 0 aliphatic heterocycles. The molecule has 0 spiro atoms. The third kappa shape index (κ3) is 6.74. The third-order valence-electron chi connectivity index (χ3n) is 2.64. The van der Waals surface area contributed by atoms with Crippen LogP contribution < -0.4 is 4.74 Å². The van der Waals surface area contributed by atoms with Gasteiger partial charge in [-0.1, -0.05) is 48.0 Å². The van der Waals surface area contributed by atoms with E-state index in [9.17, 15) is 13.5 Å². The second-order valence-electron chi connectivity index (χ2n) is 4.27. The molecule has 0 saturated carbocycles. The van der Waals surface area contributed by atoms with Crippen LogP contribution in [0.15, 0.2) is 54.6 Å². The average molecular weight is 306 g/mol. The number of rotatable bonds is 3. The zero-order valence-corrected chi connectivity index (χ0v) is 12.7. The molecule has 0 aliphatic carbocycles. The smallest absolute Gasteiger partial charge is 0.212 e. The minimum atomic E-state index is -2.32. The maximum absolute atomic E-state index is 10.2. The van der Waals surface area contributed by atoms with Crippen molar-refractivity contribution in [3.8, 4) is 5.75 Å². The zero-order valence-electron chi connectivity index (χ0n) is 11.9. The molecule has 0 aliphatic rings. The average Bonchev–Trinajstić information content (AvgIpc) is 2.49. The fourth-order valence-corrected chi connectivity index (χ4v) is 1.88. The van der Waals surface area contributed by atoms with Gasteiger partial charge in [0, 0.05) is 0 Å². The van der Waals surface area contributed by atoms with Gasteiger partial charge in [0.05, 0.1) is 12.5 Å². The summed E-state index contributed by atoms with van der Waals surface area (Å²) in [7, 11) is -0.650. The molecule has 4 nitrogen and oxygen atoms in total. The molecule has 2 rings (SSSR count). The molecule has 0 fully saturated rings. The number of hydrogen-bond acceptors (Lipinski definition) is 4.